The van der Waals surface area contributed by atoms with Crippen LogP contribution in [0.15, 0.2) is 60.7 Å². The first-order valence-electron chi connectivity index (χ1n) is 18.5. The van der Waals surface area contributed by atoms with Crippen molar-refractivity contribution in [3.8, 4) is 11.8 Å². The number of fused-ring (bicyclic) bond motifs is 6. The van der Waals surface area contributed by atoms with E-state index in [0.717, 1.165) is 98.5 Å². The second kappa shape index (κ2) is 14.5. The molecule has 264 valence electrons. The van der Waals surface area contributed by atoms with Crippen LogP contribution < -0.4 is 17.2 Å². The Bertz CT molecular complexity index is 2270. The number of H-pyrrole nitrogens is 2. The summed E-state index contributed by atoms with van der Waals surface area (Å²) < 4.78 is 0. The van der Waals surface area contributed by atoms with Crippen molar-refractivity contribution in [1.29, 1.82) is 0 Å². The van der Waals surface area contributed by atoms with Crippen molar-refractivity contribution < 1.29 is 4.79 Å². The van der Waals surface area contributed by atoms with Crippen molar-refractivity contribution in [1.82, 2.24) is 24.8 Å². The summed E-state index contributed by atoms with van der Waals surface area (Å²) in [5.41, 5.74) is 24.4. The Kier molecular flexibility index (Phi) is 9.84. The average molecular weight is 683 g/mol. The molecular formula is C42H50N8O. The number of hydrogen-bond acceptors (Lipinski definition) is 6. The number of imidazole rings is 2. The van der Waals surface area contributed by atoms with Crippen molar-refractivity contribution in [3.05, 3.63) is 83.4 Å². The lowest BCUT2D eigenvalue weighted by Crippen LogP contribution is -2.46. The maximum Gasteiger partial charge on any atom is 0.240 e. The van der Waals surface area contributed by atoms with Crippen molar-refractivity contribution in [2.75, 3.05) is 13.1 Å². The van der Waals surface area contributed by atoms with E-state index in [-0.39, 0.29) is 29.8 Å². The van der Waals surface area contributed by atoms with E-state index in [9.17, 15) is 4.79 Å². The fraction of sp³-hybridized carbons (Fsp3) is 0.405. The molecule has 1 amide bonds. The average Bonchev–Trinajstić information content (AvgIpc) is 3.90. The number of nitrogens with zero attached hydrogens (tertiary/aromatic N) is 3. The highest BCUT2D eigenvalue weighted by Crippen LogP contribution is 2.35. The van der Waals surface area contributed by atoms with Gasteiger partial charge in [-0.15, -0.1) is 0 Å². The zero-order chi connectivity index (χ0) is 35.8. The second-order valence-electron chi connectivity index (χ2n) is 15.0. The number of carbonyl (C=O) groups is 1. The van der Waals surface area contributed by atoms with Gasteiger partial charge in [-0.2, -0.15) is 0 Å². The molecule has 7 rings (SSSR count). The Labute approximate surface area is 299 Å². The minimum atomic E-state index is -0.505. The van der Waals surface area contributed by atoms with Gasteiger partial charge in [0.1, 0.15) is 11.6 Å². The van der Waals surface area contributed by atoms with E-state index >= 15 is 0 Å². The van der Waals surface area contributed by atoms with E-state index in [1.807, 2.05) is 24.8 Å². The largest absolute Gasteiger partial charge is 0.341 e. The van der Waals surface area contributed by atoms with Crippen LogP contribution in [0.3, 0.4) is 0 Å². The topological polar surface area (TPSA) is 156 Å². The number of aromatic amines is 2. The molecule has 4 atom stereocenters. The number of carbonyl (C=O) groups excluding carboxylic acids is 1. The van der Waals surface area contributed by atoms with Crippen molar-refractivity contribution >= 4 is 49.5 Å². The van der Waals surface area contributed by atoms with Crippen molar-refractivity contribution in [2.24, 2.45) is 29.0 Å². The molecule has 6 aromatic rings. The van der Waals surface area contributed by atoms with Gasteiger partial charge < -0.3 is 32.1 Å². The van der Waals surface area contributed by atoms with Gasteiger partial charge >= 0.3 is 0 Å². The lowest BCUT2D eigenvalue weighted by atomic mass is 9.90. The number of amides is 1. The molecule has 9 nitrogen and oxygen atoms in total. The van der Waals surface area contributed by atoms with Gasteiger partial charge in [-0.1, -0.05) is 63.8 Å². The molecule has 1 fully saturated rings. The van der Waals surface area contributed by atoms with Crippen molar-refractivity contribution in [2.45, 2.75) is 83.8 Å². The molecule has 4 aromatic carbocycles. The molecule has 9 heteroatoms. The molecule has 0 aliphatic carbocycles. The standard InChI is InChI=1S/C42H50N8O/c1-24(2)33(44)23-30(7-5-19-43)40-46-34-17-13-28-21-26(11-15-31(28)38(34)48-40)9-10-27-12-16-32-29(22-27)14-18-35-39(32)49-41(47-35)36-8-6-20-50(36)42(51)37(45)25(3)4/h11-18,21-22,24-25,30,33,36-37H,5-8,19-20,23,43-45H2,1-4H3,(H,46,48)(H,47,49)/t30?,33-,36+,37+/m1/s1. The Balaban J connectivity index is 1.13. The summed E-state index contributed by atoms with van der Waals surface area (Å²) in [5.74, 6) is 9.33. The van der Waals surface area contributed by atoms with Gasteiger partial charge in [0.05, 0.1) is 34.2 Å². The van der Waals surface area contributed by atoms with Crippen LogP contribution in [0.4, 0.5) is 0 Å². The summed E-state index contributed by atoms with van der Waals surface area (Å²) in [7, 11) is 0. The molecule has 0 spiro atoms. The quantitative estimate of drug-likeness (QED) is 0.0981. The molecule has 0 radical (unpaired) electrons. The smallest absolute Gasteiger partial charge is 0.240 e. The number of rotatable bonds is 10. The van der Waals surface area contributed by atoms with Gasteiger partial charge in [-0.25, -0.2) is 9.97 Å². The van der Waals surface area contributed by atoms with Gasteiger partial charge in [-0.3, -0.25) is 4.79 Å². The number of nitrogens with two attached hydrogens (primary N) is 3. The fourth-order valence-corrected chi connectivity index (χ4v) is 7.43. The van der Waals surface area contributed by atoms with Gasteiger partial charge in [-0.05, 0) is 97.7 Å². The Morgan fingerprint density at radius 1 is 0.863 bits per heavy atom. The monoisotopic (exact) mass is 682 g/mol. The van der Waals surface area contributed by atoms with E-state index in [1.54, 1.807) is 0 Å². The Hall–Kier alpha value is -4.75. The fourth-order valence-electron chi connectivity index (χ4n) is 7.43. The highest BCUT2D eigenvalue weighted by Gasteiger charge is 2.35. The number of aromatic nitrogens is 4. The summed E-state index contributed by atoms with van der Waals surface area (Å²) in [5, 5.41) is 4.41. The van der Waals surface area contributed by atoms with Crippen LogP contribution in [0.25, 0.3) is 43.6 Å². The van der Waals surface area contributed by atoms with E-state index in [4.69, 9.17) is 27.2 Å². The van der Waals surface area contributed by atoms with Crippen LogP contribution in [0.1, 0.15) is 94.5 Å². The van der Waals surface area contributed by atoms with Gasteiger partial charge in [0.2, 0.25) is 5.91 Å². The second-order valence-corrected chi connectivity index (χ2v) is 15.0. The zero-order valence-corrected chi connectivity index (χ0v) is 30.2. The molecule has 1 saturated heterocycles. The minimum Gasteiger partial charge on any atom is -0.341 e. The summed E-state index contributed by atoms with van der Waals surface area (Å²) in [6, 6.07) is 20.5. The summed E-state index contributed by atoms with van der Waals surface area (Å²) in [6.07, 6.45) is 4.61. The van der Waals surface area contributed by atoms with Crippen LogP contribution in [-0.4, -0.2) is 55.9 Å². The third-order valence-corrected chi connectivity index (χ3v) is 10.7. The third kappa shape index (κ3) is 6.96. The van der Waals surface area contributed by atoms with E-state index in [1.165, 1.54) is 0 Å². The summed E-state index contributed by atoms with van der Waals surface area (Å²) >= 11 is 0. The molecule has 1 unspecified atom stereocenters. The number of nitrogens with one attached hydrogen (secondary N) is 2. The van der Waals surface area contributed by atoms with Crippen molar-refractivity contribution in [3.63, 3.8) is 0 Å². The first-order chi connectivity index (χ1) is 24.6. The van der Waals surface area contributed by atoms with Crippen LogP contribution >= 0.6 is 0 Å². The normalized spacial score (nSPS) is 16.8. The number of likely N-dealkylation sites (tertiary alicyclic amines) is 1. The van der Waals surface area contributed by atoms with Crippen LogP contribution in [-0.2, 0) is 4.79 Å². The van der Waals surface area contributed by atoms with Gasteiger partial charge in [0.15, 0.2) is 0 Å². The third-order valence-electron chi connectivity index (χ3n) is 10.7. The molecular weight excluding hydrogens is 633 g/mol. The molecule has 0 bridgehead atoms. The van der Waals surface area contributed by atoms with Crippen LogP contribution in [0.2, 0.25) is 0 Å². The Morgan fingerprint density at radius 2 is 1.49 bits per heavy atom. The van der Waals surface area contributed by atoms with Gasteiger partial charge in [0, 0.05) is 40.4 Å². The minimum absolute atomic E-state index is 0.00139. The molecule has 1 aliphatic rings. The lowest BCUT2D eigenvalue weighted by molar-refractivity contribution is -0.134. The molecule has 0 saturated carbocycles. The number of benzene rings is 4. The first-order valence-corrected chi connectivity index (χ1v) is 18.5. The summed E-state index contributed by atoms with van der Waals surface area (Å²) in [6.45, 7) is 9.69. The zero-order valence-electron chi connectivity index (χ0n) is 30.2. The number of hydrogen-bond donors (Lipinski definition) is 5. The molecule has 1 aliphatic heterocycles. The SMILES string of the molecule is CC(C)[C@H](N)CC(CCCN)c1nc2ccc3cc(C#Cc4ccc5c(ccc6nc([C@@H]7CCCN7C(=O)[C@@H](N)C(C)C)[nH]c65)c4)ccc3c2[nH]1. The lowest BCUT2D eigenvalue weighted by Gasteiger charge is -2.27. The van der Waals surface area contributed by atoms with Gasteiger partial charge in [0.25, 0.3) is 0 Å². The van der Waals surface area contributed by atoms with E-state index in [0.29, 0.717) is 19.0 Å². The maximum absolute atomic E-state index is 13.2. The Morgan fingerprint density at radius 3 is 2.10 bits per heavy atom. The maximum atomic E-state index is 13.2. The summed E-state index contributed by atoms with van der Waals surface area (Å²) in [4.78, 5) is 32.2. The van der Waals surface area contributed by atoms with Crippen LogP contribution in [0, 0.1) is 23.7 Å². The van der Waals surface area contributed by atoms with E-state index < -0.39 is 6.04 Å². The highest BCUT2D eigenvalue weighted by atomic mass is 16.2. The molecule has 51 heavy (non-hydrogen) atoms. The van der Waals surface area contributed by atoms with Crippen LogP contribution in [0.5, 0.6) is 0 Å². The molecule has 3 heterocycles. The molecule has 2 aromatic heterocycles. The highest BCUT2D eigenvalue weighted by molar-refractivity contribution is 6.05. The van der Waals surface area contributed by atoms with E-state index in [2.05, 4.69) is 90.3 Å². The predicted octanol–water partition coefficient (Wildman–Crippen LogP) is 6.99. The predicted molar refractivity (Wildman–Crippen MR) is 208 cm³/mol. The first kappa shape index (κ1) is 34.7. The molecule has 8 N–H and O–H groups in total.